The number of carbonyl (C=O) groups is 1. The van der Waals surface area contributed by atoms with Crippen LogP contribution in [0.15, 0.2) is 0 Å². The fourth-order valence-corrected chi connectivity index (χ4v) is 4.57. The van der Waals surface area contributed by atoms with E-state index in [9.17, 15) is 9.90 Å². The summed E-state index contributed by atoms with van der Waals surface area (Å²) in [7, 11) is 0. The van der Waals surface area contributed by atoms with Crippen LogP contribution in [-0.2, 0) is 9.53 Å². The maximum absolute atomic E-state index is 11.6. The number of rotatable bonds is 3. The molecule has 2 saturated carbocycles. The zero-order chi connectivity index (χ0) is 13.1. The van der Waals surface area contributed by atoms with Crippen molar-refractivity contribution >= 4 is 5.97 Å². The third-order valence-corrected chi connectivity index (χ3v) is 5.89. The van der Waals surface area contributed by atoms with E-state index in [1.54, 1.807) is 0 Å². The van der Waals surface area contributed by atoms with Gasteiger partial charge < -0.3 is 9.84 Å². The van der Waals surface area contributed by atoms with Crippen molar-refractivity contribution in [3.05, 3.63) is 0 Å². The molecule has 0 aromatic rings. The normalized spacial score (nSPS) is 51.3. The van der Waals surface area contributed by atoms with Crippen LogP contribution in [0.5, 0.6) is 0 Å². The van der Waals surface area contributed by atoms with Gasteiger partial charge in [-0.05, 0) is 49.9 Å². The van der Waals surface area contributed by atoms with Crippen LogP contribution >= 0.6 is 0 Å². The largest absolute Gasteiger partial charge is 0.462 e. The molecule has 1 heterocycles. The van der Waals surface area contributed by atoms with Gasteiger partial charge in [-0.25, -0.2) is 0 Å². The van der Waals surface area contributed by atoms with E-state index in [1.165, 1.54) is 0 Å². The standard InChI is InChI=1S/C15H24O3/c1-8(16)4-5-11-12-6-10-9(2)14(17)18-13(10)7-15(11,12)3/h8-13,16H,4-7H2,1-3H3/t8-,9+,10+,11-,12-,13+,15+/m0/s1. The number of hydrogen-bond donors (Lipinski definition) is 1. The number of aliphatic hydroxyl groups is 1. The summed E-state index contributed by atoms with van der Waals surface area (Å²) in [6, 6.07) is 0. The minimum atomic E-state index is -0.187. The molecule has 0 bridgehead atoms. The molecule has 3 rings (SSSR count). The number of esters is 1. The van der Waals surface area contributed by atoms with Gasteiger partial charge in [-0.2, -0.15) is 0 Å². The van der Waals surface area contributed by atoms with Crippen LogP contribution in [0.4, 0.5) is 0 Å². The topological polar surface area (TPSA) is 46.5 Å². The summed E-state index contributed by atoms with van der Waals surface area (Å²) in [5.41, 5.74) is 0.375. The molecule has 0 amide bonds. The van der Waals surface area contributed by atoms with Gasteiger partial charge in [0.05, 0.1) is 12.0 Å². The second-order valence-corrected chi connectivity index (χ2v) is 7.01. The van der Waals surface area contributed by atoms with E-state index >= 15 is 0 Å². The zero-order valence-electron chi connectivity index (χ0n) is 11.6. The Bertz CT molecular complexity index is 365. The summed E-state index contributed by atoms with van der Waals surface area (Å²) >= 11 is 0. The number of ether oxygens (including phenoxy) is 1. The van der Waals surface area contributed by atoms with Crippen molar-refractivity contribution in [1.29, 1.82) is 0 Å². The fourth-order valence-electron chi connectivity index (χ4n) is 4.57. The van der Waals surface area contributed by atoms with Crippen LogP contribution in [0, 0.1) is 29.1 Å². The molecular weight excluding hydrogens is 228 g/mol. The van der Waals surface area contributed by atoms with Gasteiger partial charge in [0, 0.05) is 5.92 Å². The quantitative estimate of drug-likeness (QED) is 0.784. The molecule has 0 spiro atoms. The van der Waals surface area contributed by atoms with E-state index in [1.807, 2.05) is 13.8 Å². The van der Waals surface area contributed by atoms with Crippen molar-refractivity contribution in [2.75, 3.05) is 0 Å². The van der Waals surface area contributed by atoms with Crippen molar-refractivity contribution in [2.45, 2.75) is 58.7 Å². The average Bonchev–Trinajstić information content (AvgIpc) is 2.77. The van der Waals surface area contributed by atoms with Crippen LogP contribution in [0.1, 0.15) is 46.5 Å². The first-order valence-corrected chi connectivity index (χ1v) is 7.32. The van der Waals surface area contributed by atoms with Crippen molar-refractivity contribution in [3.63, 3.8) is 0 Å². The summed E-state index contributed by atoms with van der Waals surface area (Å²) in [5, 5.41) is 9.42. The van der Waals surface area contributed by atoms with E-state index in [2.05, 4.69) is 6.92 Å². The van der Waals surface area contributed by atoms with Crippen molar-refractivity contribution < 1.29 is 14.6 Å². The predicted octanol–water partition coefficient (Wildman–Crippen LogP) is 2.37. The molecule has 1 saturated heterocycles. The highest BCUT2D eigenvalue weighted by molar-refractivity contribution is 5.75. The minimum absolute atomic E-state index is 0.00966. The monoisotopic (exact) mass is 252 g/mol. The Morgan fingerprint density at radius 1 is 1.56 bits per heavy atom. The molecule has 3 fully saturated rings. The first kappa shape index (κ1) is 12.5. The summed E-state index contributed by atoms with van der Waals surface area (Å²) in [6.07, 6.45) is 4.21. The van der Waals surface area contributed by atoms with Crippen LogP contribution in [0.3, 0.4) is 0 Å². The van der Waals surface area contributed by atoms with Gasteiger partial charge in [-0.3, -0.25) is 4.79 Å². The molecule has 3 heteroatoms. The van der Waals surface area contributed by atoms with Gasteiger partial charge in [0.25, 0.3) is 0 Å². The summed E-state index contributed by atoms with van der Waals surface area (Å²) in [5.74, 6) is 2.05. The summed E-state index contributed by atoms with van der Waals surface area (Å²) in [4.78, 5) is 11.6. The summed E-state index contributed by atoms with van der Waals surface area (Å²) in [6.45, 7) is 6.23. The second kappa shape index (κ2) is 3.96. The lowest BCUT2D eigenvalue weighted by Gasteiger charge is -2.28. The number of aliphatic hydroxyl groups excluding tert-OH is 1. The Labute approximate surface area is 109 Å². The van der Waals surface area contributed by atoms with E-state index in [4.69, 9.17) is 4.74 Å². The van der Waals surface area contributed by atoms with Crippen molar-refractivity contribution in [3.8, 4) is 0 Å². The Hall–Kier alpha value is -0.570. The molecule has 2 aliphatic carbocycles. The van der Waals surface area contributed by atoms with Gasteiger partial charge in [-0.15, -0.1) is 0 Å². The Morgan fingerprint density at radius 3 is 2.94 bits per heavy atom. The van der Waals surface area contributed by atoms with Crippen LogP contribution in [0.2, 0.25) is 0 Å². The van der Waals surface area contributed by atoms with Crippen molar-refractivity contribution in [2.24, 2.45) is 29.1 Å². The highest BCUT2D eigenvalue weighted by atomic mass is 16.6. The Balaban J connectivity index is 1.65. The van der Waals surface area contributed by atoms with E-state index in [0.717, 1.165) is 37.5 Å². The first-order chi connectivity index (χ1) is 8.43. The zero-order valence-corrected chi connectivity index (χ0v) is 11.6. The molecule has 0 unspecified atom stereocenters. The van der Waals surface area contributed by atoms with Gasteiger partial charge in [-0.1, -0.05) is 13.8 Å². The lowest BCUT2D eigenvalue weighted by Crippen LogP contribution is -2.28. The van der Waals surface area contributed by atoms with Crippen LogP contribution < -0.4 is 0 Å². The van der Waals surface area contributed by atoms with Crippen LogP contribution in [0.25, 0.3) is 0 Å². The lowest BCUT2D eigenvalue weighted by atomic mass is 9.77. The van der Waals surface area contributed by atoms with Gasteiger partial charge in [0.15, 0.2) is 0 Å². The smallest absolute Gasteiger partial charge is 0.309 e. The van der Waals surface area contributed by atoms with Gasteiger partial charge in [0.1, 0.15) is 6.10 Å². The molecule has 0 aromatic carbocycles. The molecule has 1 N–H and O–H groups in total. The highest BCUT2D eigenvalue weighted by Crippen LogP contribution is 2.70. The van der Waals surface area contributed by atoms with E-state index in [0.29, 0.717) is 11.3 Å². The first-order valence-electron chi connectivity index (χ1n) is 7.32. The van der Waals surface area contributed by atoms with E-state index < -0.39 is 0 Å². The predicted molar refractivity (Wildman–Crippen MR) is 67.8 cm³/mol. The SMILES string of the molecule is C[C@H](O)CC[C@H]1[C@@H]2C[C@H]3[C@@H](C[C@]12C)OC(=O)[C@@H]3C. The molecule has 18 heavy (non-hydrogen) atoms. The van der Waals surface area contributed by atoms with Gasteiger partial charge in [0.2, 0.25) is 0 Å². The molecule has 7 atom stereocenters. The maximum Gasteiger partial charge on any atom is 0.309 e. The third-order valence-electron chi connectivity index (χ3n) is 5.89. The van der Waals surface area contributed by atoms with Gasteiger partial charge >= 0.3 is 5.97 Å². The maximum atomic E-state index is 11.6. The molecule has 0 radical (unpaired) electrons. The highest BCUT2D eigenvalue weighted by Gasteiger charge is 2.66. The lowest BCUT2D eigenvalue weighted by molar-refractivity contribution is -0.144. The third kappa shape index (κ3) is 1.70. The van der Waals surface area contributed by atoms with Crippen LogP contribution in [-0.4, -0.2) is 23.3 Å². The molecule has 3 nitrogen and oxygen atoms in total. The minimum Gasteiger partial charge on any atom is -0.462 e. The Kier molecular flexibility index (Phi) is 2.74. The Morgan fingerprint density at radius 2 is 2.28 bits per heavy atom. The molecule has 0 aromatic heterocycles. The molecule has 102 valence electrons. The number of hydrogen-bond acceptors (Lipinski definition) is 3. The van der Waals surface area contributed by atoms with E-state index in [-0.39, 0.29) is 24.1 Å². The second-order valence-electron chi connectivity index (χ2n) is 7.01. The molecular formula is C15H24O3. The fraction of sp³-hybridized carbons (Fsp3) is 0.933. The van der Waals surface area contributed by atoms with Crippen molar-refractivity contribution in [1.82, 2.24) is 0 Å². The average molecular weight is 252 g/mol. The number of carbonyl (C=O) groups excluding carboxylic acids is 1. The molecule has 1 aliphatic heterocycles. The number of fused-ring (bicyclic) bond motifs is 2. The summed E-state index contributed by atoms with van der Waals surface area (Å²) < 4.78 is 5.53. The molecule has 3 aliphatic rings.